The number of aromatic nitrogens is 2. The molecule has 1 N–H and O–H groups in total. The molecule has 140 valence electrons. The van der Waals surface area contributed by atoms with Gasteiger partial charge in [0.05, 0.1) is 4.88 Å². The summed E-state index contributed by atoms with van der Waals surface area (Å²) in [6, 6.07) is 14.5. The monoisotopic (exact) mass is 380 g/mol. The van der Waals surface area contributed by atoms with Gasteiger partial charge in [0, 0.05) is 32.4 Å². The minimum atomic E-state index is -0.0539. The second-order valence-corrected chi connectivity index (χ2v) is 8.11. The van der Waals surface area contributed by atoms with Crippen molar-refractivity contribution < 1.29 is 4.79 Å². The minimum absolute atomic E-state index is 0.0539. The van der Waals surface area contributed by atoms with Crippen LogP contribution in [0.15, 0.2) is 47.8 Å². The van der Waals surface area contributed by atoms with Crippen molar-refractivity contribution in [2.45, 2.75) is 13.3 Å². The third kappa shape index (κ3) is 3.90. The number of hydrogen-bond donors (Lipinski definition) is 1. The van der Waals surface area contributed by atoms with Crippen molar-refractivity contribution in [1.82, 2.24) is 15.1 Å². The molecule has 1 atom stereocenters. The van der Waals surface area contributed by atoms with E-state index in [0.29, 0.717) is 18.2 Å². The van der Waals surface area contributed by atoms with Crippen LogP contribution in [0.5, 0.6) is 0 Å². The number of carbonyl (C=O) groups is 1. The van der Waals surface area contributed by atoms with Gasteiger partial charge in [-0.2, -0.15) is 5.10 Å². The van der Waals surface area contributed by atoms with Crippen molar-refractivity contribution in [3.05, 3.63) is 59.1 Å². The normalized spacial score (nSPS) is 16.7. The quantitative estimate of drug-likeness (QED) is 0.734. The second-order valence-electron chi connectivity index (χ2n) is 7.17. The molecule has 3 aromatic rings. The number of aryl methyl sites for hydroxylation is 2. The highest BCUT2D eigenvalue weighted by Crippen LogP contribution is 2.25. The van der Waals surface area contributed by atoms with Crippen LogP contribution in [0.1, 0.15) is 22.5 Å². The van der Waals surface area contributed by atoms with Crippen LogP contribution in [0.3, 0.4) is 0 Å². The Morgan fingerprint density at radius 1 is 1.30 bits per heavy atom. The van der Waals surface area contributed by atoms with E-state index in [9.17, 15) is 4.79 Å². The largest absolute Gasteiger partial charge is 0.371 e. The standard InChI is InChI=1S/C21H24N4OS/c1-15-5-3-6-17(11-15)25-9-8-16(14-25)13-22-21(26)19-12-18(23-24(19)2)20-7-4-10-27-20/h3-7,10-12,16H,8-9,13-14H2,1-2H3,(H,22,26)/t16-/m0/s1. The molecule has 1 aliphatic heterocycles. The van der Waals surface area contributed by atoms with Crippen molar-refractivity contribution in [3.63, 3.8) is 0 Å². The molecule has 1 saturated heterocycles. The number of benzene rings is 1. The summed E-state index contributed by atoms with van der Waals surface area (Å²) in [5.41, 5.74) is 4.01. The van der Waals surface area contributed by atoms with Crippen LogP contribution in [-0.2, 0) is 7.05 Å². The first-order valence-corrected chi connectivity index (χ1v) is 10.2. The van der Waals surface area contributed by atoms with E-state index in [0.717, 1.165) is 30.1 Å². The zero-order chi connectivity index (χ0) is 18.8. The third-order valence-corrected chi connectivity index (χ3v) is 5.98. The molecule has 0 unspecified atom stereocenters. The highest BCUT2D eigenvalue weighted by atomic mass is 32.1. The Labute approximate surface area is 163 Å². The molecule has 1 aromatic carbocycles. The van der Waals surface area contributed by atoms with E-state index in [1.54, 1.807) is 16.0 Å². The van der Waals surface area contributed by atoms with Gasteiger partial charge in [-0.3, -0.25) is 9.48 Å². The van der Waals surface area contributed by atoms with Crippen LogP contribution in [0, 0.1) is 12.8 Å². The van der Waals surface area contributed by atoms with Crippen LogP contribution >= 0.6 is 11.3 Å². The first kappa shape index (κ1) is 17.8. The number of anilines is 1. The predicted octanol–water partition coefficient (Wildman–Crippen LogP) is 3.71. The zero-order valence-corrected chi connectivity index (χ0v) is 16.5. The van der Waals surface area contributed by atoms with Gasteiger partial charge in [0.1, 0.15) is 11.4 Å². The molecule has 0 bridgehead atoms. The van der Waals surface area contributed by atoms with Gasteiger partial charge in [0.15, 0.2) is 0 Å². The molecule has 1 fully saturated rings. The first-order valence-electron chi connectivity index (χ1n) is 9.28. The number of carbonyl (C=O) groups excluding carboxylic acids is 1. The molecule has 5 nitrogen and oxygen atoms in total. The van der Waals surface area contributed by atoms with E-state index in [4.69, 9.17) is 0 Å². The van der Waals surface area contributed by atoms with Crippen molar-refractivity contribution in [1.29, 1.82) is 0 Å². The Kier molecular flexibility index (Phi) is 4.99. The lowest BCUT2D eigenvalue weighted by atomic mass is 10.1. The van der Waals surface area contributed by atoms with Crippen molar-refractivity contribution in [2.24, 2.45) is 13.0 Å². The number of rotatable bonds is 5. The number of nitrogens with zero attached hydrogens (tertiary/aromatic N) is 3. The summed E-state index contributed by atoms with van der Waals surface area (Å²) in [4.78, 5) is 16.1. The smallest absolute Gasteiger partial charge is 0.269 e. The van der Waals surface area contributed by atoms with Gasteiger partial charge >= 0.3 is 0 Å². The van der Waals surface area contributed by atoms with Crippen molar-refractivity contribution in [2.75, 3.05) is 24.5 Å². The maximum Gasteiger partial charge on any atom is 0.269 e. The average molecular weight is 381 g/mol. The van der Waals surface area contributed by atoms with Gasteiger partial charge in [-0.25, -0.2) is 0 Å². The lowest BCUT2D eigenvalue weighted by molar-refractivity contribution is 0.0939. The van der Waals surface area contributed by atoms with Gasteiger partial charge in [0.25, 0.3) is 5.91 Å². The molecule has 0 aliphatic carbocycles. The highest BCUT2D eigenvalue weighted by Gasteiger charge is 2.24. The summed E-state index contributed by atoms with van der Waals surface area (Å²) in [6.07, 6.45) is 1.10. The van der Waals surface area contributed by atoms with Gasteiger partial charge < -0.3 is 10.2 Å². The first-order chi connectivity index (χ1) is 13.1. The van der Waals surface area contributed by atoms with E-state index < -0.39 is 0 Å². The molecule has 1 aliphatic rings. The molecule has 27 heavy (non-hydrogen) atoms. The van der Waals surface area contributed by atoms with Crippen molar-refractivity contribution in [3.8, 4) is 10.6 Å². The molecule has 4 rings (SSSR count). The fourth-order valence-corrected chi connectivity index (χ4v) is 4.29. The topological polar surface area (TPSA) is 50.2 Å². The van der Waals surface area contributed by atoms with Crippen LogP contribution < -0.4 is 10.2 Å². The van der Waals surface area contributed by atoms with E-state index in [-0.39, 0.29) is 5.91 Å². The molecular weight excluding hydrogens is 356 g/mol. The Bertz CT molecular complexity index is 932. The molecule has 3 heterocycles. The zero-order valence-electron chi connectivity index (χ0n) is 15.7. The Morgan fingerprint density at radius 3 is 2.96 bits per heavy atom. The van der Waals surface area contributed by atoms with Gasteiger partial charge in [-0.1, -0.05) is 18.2 Å². The third-order valence-electron chi connectivity index (χ3n) is 5.09. The van der Waals surface area contributed by atoms with Crippen LogP contribution in [-0.4, -0.2) is 35.3 Å². The van der Waals surface area contributed by atoms with E-state index >= 15 is 0 Å². The van der Waals surface area contributed by atoms with Crippen LogP contribution in [0.2, 0.25) is 0 Å². The van der Waals surface area contributed by atoms with E-state index in [1.165, 1.54) is 11.3 Å². The van der Waals surface area contributed by atoms with E-state index in [1.807, 2.05) is 30.6 Å². The lowest BCUT2D eigenvalue weighted by Gasteiger charge is -2.19. The summed E-state index contributed by atoms with van der Waals surface area (Å²) in [7, 11) is 1.82. The number of hydrogen-bond acceptors (Lipinski definition) is 4. The Balaban J connectivity index is 1.35. The summed E-state index contributed by atoms with van der Waals surface area (Å²) in [5.74, 6) is 0.418. The molecule has 6 heteroatoms. The Morgan fingerprint density at radius 2 is 2.19 bits per heavy atom. The molecular formula is C21H24N4OS. The average Bonchev–Trinajstić information content (AvgIpc) is 3.40. The van der Waals surface area contributed by atoms with Gasteiger partial charge in [-0.15, -0.1) is 11.3 Å². The van der Waals surface area contributed by atoms with Gasteiger partial charge in [0.2, 0.25) is 0 Å². The molecule has 0 radical (unpaired) electrons. The molecule has 2 aromatic heterocycles. The number of thiophene rings is 1. The fourth-order valence-electron chi connectivity index (χ4n) is 3.61. The predicted molar refractivity (Wildman–Crippen MR) is 110 cm³/mol. The highest BCUT2D eigenvalue weighted by molar-refractivity contribution is 7.13. The SMILES string of the molecule is Cc1cccc(N2CC[C@@H](CNC(=O)c3cc(-c4cccs4)nn3C)C2)c1. The molecule has 0 spiro atoms. The minimum Gasteiger partial charge on any atom is -0.371 e. The van der Waals surface area contributed by atoms with Crippen LogP contribution in [0.4, 0.5) is 5.69 Å². The number of nitrogens with one attached hydrogen (secondary N) is 1. The van der Waals surface area contributed by atoms with Crippen LogP contribution in [0.25, 0.3) is 10.6 Å². The molecule has 0 saturated carbocycles. The second kappa shape index (κ2) is 7.56. The van der Waals surface area contributed by atoms with E-state index in [2.05, 4.69) is 46.5 Å². The lowest BCUT2D eigenvalue weighted by Crippen LogP contribution is -2.32. The Hall–Kier alpha value is -2.60. The summed E-state index contributed by atoms with van der Waals surface area (Å²) in [5, 5.41) is 9.59. The van der Waals surface area contributed by atoms with Gasteiger partial charge in [-0.05, 0) is 54.5 Å². The maximum absolute atomic E-state index is 12.6. The summed E-state index contributed by atoms with van der Waals surface area (Å²) >= 11 is 1.63. The van der Waals surface area contributed by atoms with Crippen molar-refractivity contribution >= 4 is 22.9 Å². The number of amides is 1. The summed E-state index contributed by atoms with van der Waals surface area (Å²) < 4.78 is 1.66. The maximum atomic E-state index is 12.6. The summed E-state index contributed by atoms with van der Waals surface area (Å²) in [6.45, 7) is 4.84. The fraction of sp³-hybridized carbons (Fsp3) is 0.333. The molecule has 1 amide bonds.